The Morgan fingerprint density at radius 1 is 1.25 bits per heavy atom. The van der Waals surface area contributed by atoms with Crippen LogP contribution in [-0.2, 0) is 16.1 Å². The Hall–Kier alpha value is -2.65. The topological polar surface area (TPSA) is 80.3 Å². The third-order valence-corrected chi connectivity index (χ3v) is 3.82. The number of alkyl halides is 3. The lowest BCUT2D eigenvalue weighted by Crippen LogP contribution is -2.31. The molecule has 2 aromatic rings. The Balaban J connectivity index is 1.93. The van der Waals surface area contributed by atoms with Gasteiger partial charge in [0.05, 0.1) is 22.8 Å². The van der Waals surface area contributed by atoms with Crippen molar-refractivity contribution in [3.63, 3.8) is 0 Å². The van der Waals surface area contributed by atoms with Gasteiger partial charge in [-0.15, -0.1) is 0 Å². The number of carbonyl (C=O) groups is 2. The van der Waals surface area contributed by atoms with Crippen molar-refractivity contribution in [1.82, 2.24) is 10.3 Å². The molecule has 28 heavy (non-hydrogen) atoms. The summed E-state index contributed by atoms with van der Waals surface area (Å²) in [5.41, 5.74) is 1.07. The Morgan fingerprint density at radius 3 is 2.61 bits per heavy atom. The number of rotatable bonds is 7. The molecule has 0 fully saturated rings. The minimum absolute atomic E-state index is 0.0696. The summed E-state index contributed by atoms with van der Waals surface area (Å²) in [4.78, 5) is 28.2. The lowest BCUT2D eigenvalue weighted by molar-refractivity contribution is -0.184. The van der Waals surface area contributed by atoms with Crippen molar-refractivity contribution < 1.29 is 27.5 Å². The maximum absolute atomic E-state index is 12.2. The van der Waals surface area contributed by atoms with Gasteiger partial charge in [0.2, 0.25) is 0 Å². The monoisotopic (exact) mass is 415 g/mol. The summed E-state index contributed by atoms with van der Waals surface area (Å²) in [5.74, 6) is -1.21. The summed E-state index contributed by atoms with van der Waals surface area (Å²) in [5, 5.41) is 5.12. The second-order valence-electron chi connectivity index (χ2n) is 5.76. The van der Waals surface area contributed by atoms with Gasteiger partial charge in [-0.25, -0.2) is 0 Å². The Labute approximate surface area is 164 Å². The molecular formula is C18H17ClF3N3O3. The molecule has 150 valence electrons. The molecule has 6 nitrogen and oxygen atoms in total. The zero-order valence-corrected chi connectivity index (χ0v) is 15.5. The van der Waals surface area contributed by atoms with E-state index in [0.29, 0.717) is 5.69 Å². The van der Waals surface area contributed by atoms with E-state index in [1.807, 2.05) is 0 Å². The van der Waals surface area contributed by atoms with E-state index in [-0.39, 0.29) is 22.8 Å². The van der Waals surface area contributed by atoms with Crippen LogP contribution in [0.1, 0.15) is 23.0 Å². The van der Waals surface area contributed by atoms with Gasteiger partial charge in [0.1, 0.15) is 12.7 Å². The van der Waals surface area contributed by atoms with Crippen molar-refractivity contribution in [2.24, 2.45) is 0 Å². The van der Waals surface area contributed by atoms with Crippen LogP contribution in [0.4, 0.5) is 18.9 Å². The standard InChI is InChI=1S/C18H17ClF3N3O3/c1-11(28-10-18(20,21)22)16(26)25-12-5-6-14(15(19)8-12)17(27)24-9-13-4-2-3-7-23-13/h2-8,11H,9-10H2,1H3,(H,24,27)(H,25,26). The number of halogens is 4. The molecule has 0 aliphatic carbocycles. The zero-order chi connectivity index (χ0) is 20.7. The zero-order valence-electron chi connectivity index (χ0n) is 14.7. The Bertz CT molecular complexity index is 832. The van der Waals surface area contributed by atoms with Crippen LogP contribution >= 0.6 is 11.6 Å². The van der Waals surface area contributed by atoms with Gasteiger partial charge in [-0.1, -0.05) is 17.7 Å². The molecule has 10 heteroatoms. The highest BCUT2D eigenvalue weighted by atomic mass is 35.5. The van der Waals surface area contributed by atoms with E-state index < -0.39 is 30.7 Å². The molecule has 1 unspecified atom stereocenters. The molecule has 0 bridgehead atoms. The van der Waals surface area contributed by atoms with Crippen molar-refractivity contribution in [3.8, 4) is 0 Å². The fraction of sp³-hybridized carbons (Fsp3) is 0.278. The molecule has 1 aromatic heterocycles. The van der Waals surface area contributed by atoms with E-state index in [2.05, 4.69) is 20.4 Å². The Kier molecular flexibility index (Phi) is 7.36. The quantitative estimate of drug-likeness (QED) is 0.724. The molecular weight excluding hydrogens is 399 g/mol. The first-order valence-electron chi connectivity index (χ1n) is 8.12. The van der Waals surface area contributed by atoms with E-state index in [4.69, 9.17) is 11.6 Å². The van der Waals surface area contributed by atoms with Gasteiger partial charge in [-0.2, -0.15) is 13.2 Å². The minimum Gasteiger partial charge on any atom is -0.359 e. The number of benzene rings is 1. The number of nitrogens with zero attached hydrogens (tertiary/aromatic N) is 1. The molecule has 0 radical (unpaired) electrons. The molecule has 1 heterocycles. The molecule has 2 N–H and O–H groups in total. The molecule has 0 spiro atoms. The fourth-order valence-corrected chi connectivity index (χ4v) is 2.35. The van der Waals surface area contributed by atoms with Gasteiger partial charge in [0, 0.05) is 11.9 Å². The number of aromatic nitrogens is 1. The van der Waals surface area contributed by atoms with E-state index in [1.165, 1.54) is 25.1 Å². The lowest BCUT2D eigenvalue weighted by atomic mass is 10.2. The average molecular weight is 416 g/mol. The molecule has 0 aliphatic heterocycles. The third-order valence-electron chi connectivity index (χ3n) is 3.50. The number of hydrogen-bond donors (Lipinski definition) is 2. The van der Waals surface area contributed by atoms with Crippen LogP contribution in [0.25, 0.3) is 0 Å². The number of hydrogen-bond acceptors (Lipinski definition) is 4. The van der Waals surface area contributed by atoms with Crippen LogP contribution < -0.4 is 10.6 Å². The predicted octanol–water partition coefficient (Wildman–Crippen LogP) is 3.57. The van der Waals surface area contributed by atoms with E-state index >= 15 is 0 Å². The van der Waals surface area contributed by atoms with E-state index in [9.17, 15) is 22.8 Å². The Morgan fingerprint density at radius 2 is 2.00 bits per heavy atom. The van der Waals surface area contributed by atoms with Crippen molar-refractivity contribution in [3.05, 3.63) is 58.9 Å². The summed E-state index contributed by atoms with van der Waals surface area (Å²) in [6.07, 6.45) is -4.24. The van der Waals surface area contributed by atoms with Gasteiger partial charge >= 0.3 is 6.18 Å². The second-order valence-corrected chi connectivity index (χ2v) is 6.16. The molecule has 1 atom stereocenters. The second kappa shape index (κ2) is 9.52. The lowest BCUT2D eigenvalue weighted by Gasteiger charge is -2.15. The number of carbonyl (C=O) groups excluding carboxylic acids is 2. The average Bonchev–Trinajstić information content (AvgIpc) is 2.64. The van der Waals surface area contributed by atoms with E-state index in [1.54, 1.807) is 24.4 Å². The van der Waals surface area contributed by atoms with Gasteiger partial charge in [-0.05, 0) is 37.3 Å². The first kappa shape index (κ1) is 21.6. The largest absolute Gasteiger partial charge is 0.411 e. The van der Waals surface area contributed by atoms with Gasteiger partial charge in [0.15, 0.2) is 0 Å². The predicted molar refractivity (Wildman–Crippen MR) is 97.0 cm³/mol. The SMILES string of the molecule is CC(OCC(F)(F)F)C(=O)Nc1ccc(C(=O)NCc2ccccn2)c(Cl)c1. The number of amides is 2. The van der Waals surface area contributed by atoms with Crippen LogP contribution in [0.5, 0.6) is 0 Å². The molecule has 2 rings (SSSR count). The maximum Gasteiger partial charge on any atom is 0.411 e. The maximum atomic E-state index is 12.2. The van der Waals surface area contributed by atoms with Crippen LogP contribution in [0, 0.1) is 0 Å². The smallest absolute Gasteiger partial charge is 0.359 e. The van der Waals surface area contributed by atoms with Crippen LogP contribution in [0.2, 0.25) is 5.02 Å². The molecule has 0 aliphatic rings. The minimum atomic E-state index is -4.53. The highest BCUT2D eigenvalue weighted by Crippen LogP contribution is 2.22. The third kappa shape index (κ3) is 6.82. The summed E-state index contributed by atoms with van der Waals surface area (Å²) < 4.78 is 40.9. The summed E-state index contributed by atoms with van der Waals surface area (Å²) in [6.45, 7) is -0.123. The van der Waals surface area contributed by atoms with Crippen molar-refractivity contribution in [2.75, 3.05) is 11.9 Å². The first-order chi connectivity index (χ1) is 13.2. The fourth-order valence-electron chi connectivity index (χ4n) is 2.08. The van der Waals surface area contributed by atoms with Gasteiger partial charge in [-0.3, -0.25) is 14.6 Å². The summed E-state index contributed by atoms with van der Waals surface area (Å²) >= 11 is 6.08. The van der Waals surface area contributed by atoms with Crippen molar-refractivity contribution >= 4 is 29.1 Å². The summed E-state index contributed by atoms with van der Waals surface area (Å²) in [7, 11) is 0. The van der Waals surface area contributed by atoms with Crippen LogP contribution in [0.15, 0.2) is 42.6 Å². The van der Waals surface area contributed by atoms with Crippen molar-refractivity contribution in [2.45, 2.75) is 25.7 Å². The van der Waals surface area contributed by atoms with Crippen LogP contribution in [-0.4, -0.2) is 35.7 Å². The van der Waals surface area contributed by atoms with Crippen molar-refractivity contribution in [1.29, 1.82) is 0 Å². The molecule has 0 saturated carbocycles. The highest BCUT2D eigenvalue weighted by molar-refractivity contribution is 6.34. The number of pyridine rings is 1. The highest BCUT2D eigenvalue weighted by Gasteiger charge is 2.30. The molecule has 0 saturated heterocycles. The summed E-state index contributed by atoms with van der Waals surface area (Å²) in [6, 6.07) is 9.43. The van der Waals surface area contributed by atoms with Gasteiger partial charge < -0.3 is 15.4 Å². The molecule has 2 amide bonds. The number of ether oxygens (including phenoxy) is 1. The first-order valence-corrected chi connectivity index (χ1v) is 8.50. The van der Waals surface area contributed by atoms with E-state index in [0.717, 1.165) is 0 Å². The van der Waals surface area contributed by atoms with Gasteiger partial charge in [0.25, 0.3) is 11.8 Å². The number of anilines is 1. The normalized spacial score (nSPS) is 12.3. The number of nitrogens with one attached hydrogen (secondary N) is 2. The molecule has 1 aromatic carbocycles. The van der Waals surface area contributed by atoms with Crippen LogP contribution in [0.3, 0.4) is 0 Å².